The molecule has 0 saturated carbocycles. The van der Waals surface area contributed by atoms with Crippen molar-refractivity contribution < 1.29 is 0 Å². The molecule has 5 heteroatoms. The summed E-state index contributed by atoms with van der Waals surface area (Å²) in [5.74, 6) is 0.932. The Morgan fingerprint density at radius 3 is 2.02 bits per heavy atom. The van der Waals surface area contributed by atoms with Gasteiger partial charge < -0.3 is 9.13 Å². The summed E-state index contributed by atoms with van der Waals surface area (Å²) in [4.78, 5) is 5.14. The smallest absolute Gasteiger partial charge is 0.145 e. The van der Waals surface area contributed by atoms with Gasteiger partial charge in [-0.25, -0.2) is 4.98 Å². The van der Waals surface area contributed by atoms with E-state index >= 15 is 0 Å². The molecule has 0 aliphatic rings. The number of fused-ring (bicyclic) bond motifs is 9. The van der Waals surface area contributed by atoms with Crippen LogP contribution < -0.4 is 0 Å². The van der Waals surface area contributed by atoms with Crippen molar-refractivity contribution in [1.82, 2.24) is 18.7 Å². The zero-order chi connectivity index (χ0) is 32.8. The van der Waals surface area contributed by atoms with Gasteiger partial charge in [0.05, 0.1) is 27.6 Å². The maximum absolute atomic E-state index is 5.14. The normalized spacial score (nSPS) is 12.0. The zero-order valence-electron chi connectivity index (χ0n) is 26.9. The number of nitrogens with zero attached hydrogens (tertiary/aromatic N) is 4. The predicted octanol–water partition coefficient (Wildman–Crippen LogP) is 12.1. The molecular formula is C45H28N4S. The lowest BCUT2D eigenvalue weighted by Crippen LogP contribution is -1.98. The van der Waals surface area contributed by atoms with Crippen molar-refractivity contribution in [3.05, 3.63) is 170 Å². The van der Waals surface area contributed by atoms with E-state index in [1.165, 1.54) is 52.9 Å². The fraction of sp³-hybridized carbons (Fsp3) is 0. The fourth-order valence-electron chi connectivity index (χ4n) is 7.84. The summed E-state index contributed by atoms with van der Waals surface area (Å²) in [7, 11) is 0. The summed E-state index contributed by atoms with van der Waals surface area (Å²) in [5.41, 5.74) is 10.2. The first kappa shape index (κ1) is 27.5. The molecule has 234 valence electrons. The van der Waals surface area contributed by atoms with Gasteiger partial charge in [-0.2, -0.15) is 0 Å². The maximum atomic E-state index is 5.14. The zero-order valence-corrected chi connectivity index (χ0v) is 27.7. The van der Waals surface area contributed by atoms with E-state index < -0.39 is 0 Å². The first-order valence-electron chi connectivity index (χ1n) is 16.9. The van der Waals surface area contributed by atoms with Gasteiger partial charge in [-0.1, -0.05) is 72.8 Å². The number of benzene rings is 7. The van der Waals surface area contributed by atoms with Crippen molar-refractivity contribution in [1.29, 1.82) is 0 Å². The monoisotopic (exact) mass is 656 g/mol. The number of para-hydroxylation sites is 4. The Hall–Kier alpha value is -6.43. The molecule has 11 aromatic rings. The first-order chi connectivity index (χ1) is 24.8. The van der Waals surface area contributed by atoms with Crippen LogP contribution in [0.5, 0.6) is 0 Å². The Bertz CT molecular complexity index is 3070. The maximum Gasteiger partial charge on any atom is 0.145 e. The van der Waals surface area contributed by atoms with Crippen molar-refractivity contribution in [2.75, 3.05) is 0 Å². The molecule has 0 bridgehead atoms. The van der Waals surface area contributed by atoms with E-state index in [4.69, 9.17) is 4.98 Å². The largest absolute Gasteiger partial charge is 0.317 e. The van der Waals surface area contributed by atoms with Crippen LogP contribution >= 0.6 is 11.3 Å². The number of hydrogen-bond acceptors (Lipinski definition) is 2. The number of rotatable bonds is 4. The van der Waals surface area contributed by atoms with Gasteiger partial charge >= 0.3 is 0 Å². The molecule has 7 aromatic carbocycles. The molecule has 0 unspecified atom stereocenters. The Balaban J connectivity index is 1.18. The number of aromatic nitrogens is 4. The van der Waals surface area contributed by atoms with Gasteiger partial charge in [0.2, 0.25) is 0 Å². The number of imidazole rings is 1. The highest BCUT2D eigenvalue weighted by Gasteiger charge is 2.20. The molecule has 0 aliphatic heterocycles. The third-order valence-electron chi connectivity index (χ3n) is 10.1. The van der Waals surface area contributed by atoms with Crippen LogP contribution in [0.1, 0.15) is 0 Å². The average Bonchev–Trinajstić information content (AvgIpc) is 3.95. The quantitative estimate of drug-likeness (QED) is 0.185. The van der Waals surface area contributed by atoms with Crippen molar-refractivity contribution in [3.63, 3.8) is 0 Å². The molecular weight excluding hydrogens is 629 g/mol. The molecule has 0 radical (unpaired) electrons. The van der Waals surface area contributed by atoms with Crippen LogP contribution in [0.25, 0.3) is 92.4 Å². The van der Waals surface area contributed by atoms with E-state index in [0.29, 0.717) is 0 Å². The van der Waals surface area contributed by atoms with Gasteiger partial charge in [0.1, 0.15) is 5.82 Å². The van der Waals surface area contributed by atoms with Gasteiger partial charge in [-0.15, -0.1) is 11.3 Å². The van der Waals surface area contributed by atoms with Crippen LogP contribution in [0, 0.1) is 0 Å². The van der Waals surface area contributed by atoms with Gasteiger partial charge in [0.15, 0.2) is 0 Å². The van der Waals surface area contributed by atoms with Crippen LogP contribution in [0.4, 0.5) is 0 Å². The van der Waals surface area contributed by atoms with Gasteiger partial charge in [0.25, 0.3) is 0 Å². The second-order valence-corrected chi connectivity index (χ2v) is 13.9. The minimum Gasteiger partial charge on any atom is -0.317 e. The van der Waals surface area contributed by atoms with Crippen LogP contribution in [0.2, 0.25) is 0 Å². The van der Waals surface area contributed by atoms with E-state index in [1.807, 2.05) is 11.3 Å². The fourth-order valence-corrected chi connectivity index (χ4v) is 8.95. The number of hydrogen-bond donors (Lipinski definition) is 0. The lowest BCUT2D eigenvalue weighted by molar-refractivity contribution is 1.10. The van der Waals surface area contributed by atoms with E-state index in [2.05, 4.69) is 184 Å². The SMILES string of the molecule is c1ccc(-n2ccc3cc4c(cc32)c2ccc3sc5ccccc5c3c2n4-c2ccc(-c3nc4ccccc4n3-c3ccccc3)cc2)cc1. The second-order valence-electron chi connectivity index (χ2n) is 12.9. The topological polar surface area (TPSA) is 27.7 Å². The molecule has 0 fully saturated rings. The number of thiophene rings is 1. The Kier molecular flexibility index (Phi) is 5.80. The van der Waals surface area contributed by atoms with E-state index in [-0.39, 0.29) is 0 Å². The minimum atomic E-state index is 0.932. The summed E-state index contributed by atoms with van der Waals surface area (Å²) >= 11 is 1.87. The highest BCUT2D eigenvalue weighted by molar-refractivity contribution is 7.26. The van der Waals surface area contributed by atoms with Gasteiger partial charge in [-0.05, 0) is 91.0 Å². The van der Waals surface area contributed by atoms with E-state index in [9.17, 15) is 0 Å². The third kappa shape index (κ3) is 3.95. The van der Waals surface area contributed by atoms with Crippen LogP contribution in [-0.4, -0.2) is 18.7 Å². The van der Waals surface area contributed by atoms with Crippen molar-refractivity contribution in [3.8, 4) is 28.5 Å². The summed E-state index contributed by atoms with van der Waals surface area (Å²) in [6.07, 6.45) is 2.18. The van der Waals surface area contributed by atoms with Crippen molar-refractivity contribution in [2.45, 2.75) is 0 Å². The van der Waals surface area contributed by atoms with Crippen LogP contribution in [0.15, 0.2) is 170 Å². The van der Waals surface area contributed by atoms with Crippen molar-refractivity contribution in [2.24, 2.45) is 0 Å². The highest BCUT2D eigenvalue weighted by Crippen LogP contribution is 2.44. The summed E-state index contributed by atoms with van der Waals surface area (Å²) < 4.78 is 9.65. The summed E-state index contributed by atoms with van der Waals surface area (Å²) in [5, 5.41) is 6.33. The molecule has 0 N–H and O–H groups in total. The summed E-state index contributed by atoms with van der Waals surface area (Å²) in [6.45, 7) is 0. The molecule has 4 heterocycles. The molecule has 0 amide bonds. The molecule has 0 aliphatic carbocycles. The third-order valence-corrected chi connectivity index (χ3v) is 11.2. The van der Waals surface area contributed by atoms with Crippen LogP contribution in [0.3, 0.4) is 0 Å². The molecule has 0 atom stereocenters. The standard InChI is InChI=1S/C45H28N4S/c1-3-11-31(12-4-1)47-26-25-30-27-40-36(28-39(30)47)34-23-24-42-43(35-15-7-10-18-41(35)50-42)44(34)48(40)33-21-19-29(20-22-33)45-46-37-16-8-9-17-38(37)49(45)32-13-5-2-6-14-32/h1-28H. The molecule has 50 heavy (non-hydrogen) atoms. The molecule has 0 saturated heterocycles. The van der Waals surface area contributed by atoms with E-state index in [1.54, 1.807) is 0 Å². The first-order valence-corrected chi connectivity index (χ1v) is 17.7. The van der Waals surface area contributed by atoms with Gasteiger partial charge in [-0.3, -0.25) is 4.57 Å². The van der Waals surface area contributed by atoms with Gasteiger partial charge in [0, 0.05) is 65.2 Å². The Morgan fingerprint density at radius 2 is 1.18 bits per heavy atom. The highest BCUT2D eigenvalue weighted by atomic mass is 32.1. The predicted molar refractivity (Wildman–Crippen MR) is 211 cm³/mol. The second kappa shape index (κ2) is 10.5. The average molecular weight is 657 g/mol. The molecule has 0 spiro atoms. The van der Waals surface area contributed by atoms with Crippen LogP contribution in [-0.2, 0) is 0 Å². The lowest BCUT2D eigenvalue weighted by Gasteiger charge is -2.12. The molecule has 4 aromatic heterocycles. The van der Waals surface area contributed by atoms with E-state index in [0.717, 1.165) is 39.5 Å². The molecule has 11 rings (SSSR count). The lowest BCUT2D eigenvalue weighted by atomic mass is 10.1. The Labute approximate surface area is 291 Å². The Morgan fingerprint density at radius 1 is 0.460 bits per heavy atom. The van der Waals surface area contributed by atoms with Crippen molar-refractivity contribution >= 4 is 75.3 Å². The minimum absolute atomic E-state index is 0.932. The summed E-state index contributed by atoms with van der Waals surface area (Å²) in [6, 6.07) is 58.9. The molecule has 4 nitrogen and oxygen atoms in total.